The zero-order valence-corrected chi connectivity index (χ0v) is 15.8. The summed E-state index contributed by atoms with van der Waals surface area (Å²) >= 11 is 3.27. The maximum absolute atomic E-state index is 12.5. The van der Waals surface area contributed by atoms with E-state index in [4.69, 9.17) is 9.15 Å². The van der Waals surface area contributed by atoms with Crippen LogP contribution < -0.4 is 4.72 Å². The Bertz CT molecular complexity index is 1050. The maximum atomic E-state index is 12.5. The molecule has 0 saturated carbocycles. The van der Waals surface area contributed by atoms with E-state index in [0.717, 1.165) is 4.47 Å². The van der Waals surface area contributed by atoms with Gasteiger partial charge in [0, 0.05) is 15.5 Å². The average molecular weight is 424 g/mol. The first-order chi connectivity index (χ1) is 11.8. The molecule has 1 N–H and O–H groups in total. The lowest BCUT2D eigenvalue weighted by atomic mass is 10.1. The van der Waals surface area contributed by atoms with E-state index >= 15 is 0 Å². The van der Waals surface area contributed by atoms with E-state index in [-0.39, 0.29) is 10.5 Å². The molecule has 0 spiro atoms. The van der Waals surface area contributed by atoms with Crippen molar-refractivity contribution in [2.24, 2.45) is 0 Å². The number of sulfonamides is 1. The van der Waals surface area contributed by atoms with Gasteiger partial charge in [0.1, 0.15) is 16.9 Å². The Morgan fingerprint density at radius 2 is 1.84 bits per heavy atom. The molecule has 25 heavy (non-hydrogen) atoms. The Kier molecular flexibility index (Phi) is 4.57. The molecule has 0 aliphatic rings. The van der Waals surface area contributed by atoms with Gasteiger partial charge in [-0.2, -0.15) is 0 Å². The van der Waals surface area contributed by atoms with Gasteiger partial charge in [-0.1, -0.05) is 15.9 Å². The van der Waals surface area contributed by atoms with Crippen LogP contribution in [0.15, 0.2) is 56.2 Å². The van der Waals surface area contributed by atoms with Crippen molar-refractivity contribution < 1.29 is 22.4 Å². The highest BCUT2D eigenvalue weighted by molar-refractivity contribution is 9.10. The van der Waals surface area contributed by atoms with E-state index in [2.05, 4.69) is 20.7 Å². The summed E-state index contributed by atoms with van der Waals surface area (Å²) in [5.41, 5.74) is 1.08. The summed E-state index contributed by atoms with van der Waals surface area (Å²) in [4.78, 5) is 12.1. The van der Waals surface area contributed by atoms with Crippen LogP contribution in [0.4, 0.5) is 5.69 Å². The lowest BCUT2D eigenvalue weighted by Gasteiger charge is -2.08. The zero-order chi connectivity index (χ0) is 18.2. The third kappa shape index (κ3) is 3.40. The quantitative estimate of drug-likeness (QED) is 0.638. The van der Waals surface area contributed by atoms with Gasteiger partial charge < -0.3 is 9.15 Å². The molecule has 0 aliphatic carbocycles. The summed E-state index contributed by atoms with van der Waals surface area (Å²) in [6.45, 7) is 1.65. The van der Waals surface area contributed by atoms with E-state index in [1.165, 1.54) is 19.2 Å². The summed E-state index contributed by atoms with van der Waals surface area (Å²) in [6.07, 6.45) is 0. The highest BCUT2D eigenvalue weighted by Crippen LogP contribution is 2.29. The number of carbonyl (C=O) groups is 1. The number of anilines is 1. The van der Waals surface area contributed by atoms with Gasteiger partial charge in [0.25, 0.3) is 10.0 Å². The second-order valence-electron chi connectivity index (χ2n) is 5.30. The number of nitrogens with one attached hydrogen (secondary N) is 1. The molecule has 3 aromatic rings. The molecule has 1 aromatic heterocycles. The van der Waals surface area contributed by atoms with Crippen LogP contribution in [0.1, 0.15) is 16.1 Å². The van der Waals surface area contributed by atoms with Crippen LogP contribution in [0, 0.1) is 6.92 Å². The molecule has 1 heterocycles. The number of rotatable bonds is 4. The zero-order valence-electron chi connectivity index (χ0n) is 13.4. The molecule has 0 radical (unpaired) electrons. The topological polar surface area (TPSA) is 85.6 Å². The Labute approximate surface area is 153 Å². The Hall–Kier alpha value is -2.32. The lowest BCUT2D eigenvalue weighted by Crippen LogP contribution is -2.12. The number of fused-ring (bicyclic) bond motifs is 1. The first kappa shape index (κ1) is 17.5. The smallest absolute Gasteiger partial charge is 0.342 e. The fourth-order valence-corrected chi connectivity index (χ4v) is 3.78. The maximum Gasteiger partial charge on any atom is 0.342 e. The van der Waals surface area contributed by atoms with Crippen LogP contribution in [0.3, 0.4) is 0 Å². The number of benzene rings is 2. The van der Waals surface area contributed by atoms with Crippen LogP contribution >= 0.6 is 15.9 Å². The highest BCUT2D eigenvalue weighted by atomic mass is 79.9. The molecule has 0 unspecified atom stereocenters. The van der Waals surface area contributed by atoms with Crippen molar-refractivity contribution in [2.75, 3.05) is 11.8 Å². The van der Waals surface area contributed by atoms with Crippen molar-refractivity contribution in [3.8, 4) is 0 Å². The number of carbonyl (C=O) groups excluding carboxylic acids is 1. The van der Waals surface area contributed by atoms with Gasteiger partial charge in [-0.15, -0.1) is 0 Å². The summed E-state index contributed by atoms with van der Waals surface area (Å²) in [5, 5.41) is 0.486. The number of furan rings is 1. The van der Waals surface area contributed by atoms with Crippen molar-refractivity contribution in [3.05, 3.63) is 58.3 Å². The SMILES string of the molecule is COC(=O)c1c(C)oc2ccc(NS(=O)(=O)c3ccc(Br)cc3)cc12. The minimum atomic E-state index is -3.75. The molecule has 0 saturated heterocycles. The van der Waals surface area contributed by atoms with Gasteiger partial charge in [0.2, 0.25) is 0 Å². The van der Waals surface area contributed by atoms with Gasteiger partial charge in [0.15, 0.2) is 0 Å². The molecule has 130 valence electrons. The van der Waals surface area contributed by atoms with E-state index in [0.29, 0.717) is 22.4 Å². The van der Waals surface area contributed by atoms with Gasteiger partial charge in [0.05, 0.1) is 12.0 Å². The third-order valence-corrected chi connectivity index (χ3v) is 5.56. The molecule has 0 fully saturated rings. The molecular weight excluding hydrogens is 410 g/mol. The molecule has 2 aromatic carbocycles. The van der Waals surface area contributed by atoms with Crippen LogP contribution in [0.25, 0.3) is 11.0 Å². The van der Waals surface area contributed by atoms with Crippen LogP contribution in [-0.4, -0.2) is 21.5 Å². The summed E-state index contributed by atoms with van der Waals surface area (Å²) in [7, 11) is -2.47. The van der Waals surface area contributed by atoms with Crippen molar-refractivity contribution >= 4 is 48.6 Å². The van der Waals surface area contributed by atoms with Crippen molar-refractivity contribution in [1.82, 2.24) is 0 Å². The highest BCUT2D eigenvalue weighted by Gasteiger charge is 2.20. The molecule has 0 atom stereocenters. The Morgan fingerprint density at radius 1 is 1.16 bits per heavy atom. The molecule has 8 heteroatoms. The fraction of sp³-hybridized carbons (Fsp3) is 0.118. The number of hydrogen-bond donors (Lipinski definition) is 1. The normalized spacial score (nSPS) is 11.5. The summed E-state index contributed by atoms with van der Waals surface area (Å²) in [6, 6.07) is 11.0. The first-order valence-corrected chi connectivity index (χ1v) is 9.49. The van der Waals surface area contributed by atoms with Gasteiger partial charge >= 0.3 is 5.97 Å². The molecule has 3 rings (SSSR count). The second-order valence-corrected chi connectivity index (χ2v) is 7.89. The molecule has 6 nitrogen and oxygen atoms in total. The molecule has 0 amide bonds. The Morgan fingerprint density at radius 3 is 2.48 bits per heavy atom. The summed E-state index contributed by atoms with van der Waals surface area (Å²) in [5.74, 6) is -0.126. The van der Waals surface area contributed by atoms with Gasteiger partial charge in [-0.05, 0) is 49.4 Å². The molecular formula is C17H14BrNO5S. The van der Waals surface area contributed by atoms with Crippen molar-refractivity contribution in [3.63, 3.8) is 0 Å². The van der Waals surface area contributed by atoms with E-state index in [1.54, 1.807) is 37.3 Å². The van der Waals surface area contributed by atoms with E-state index < -0.39 is 16.0 Å². The van der Waals surface area contributed by atoms with Crippen LogP contribution in [0.2, 0.25) is 0 Å². The minimum Gasteiger partial charge on any atom is -0.465 e. The minimum absolute atomic E-state index is 0.132. The third-order valence-electron chi connectivity index (χ3n) is 3.63. The number of hydrogen-bond acceptors (Lipinski definition) is 5. The summed E-state index contributed by atoms with van der Waals surface area (Å²) < 4.78 is 38.5. The number of halogens is 1. The number of aryl methyl sites for hydroxylation is 1. The van der Waals surface area contributed by atoms with Gasteiger partial charge in [-0.25, -0.2) is 13.2 Å². The standard InChI is InChI=1S/C17H14BrNO5S/c1-10-16(17(20)23-2)14-9-12(5-8-15(14)24-10)19-25(21,22)13-6-3-11(18)4-7-13/h3-9,19H,1-2H3. The average Bonchev–Trinajstić information content (AvgIpc) is 2.89. The number of ether oxygens (including phenoxy) is 1. The van der Waals surface area contributed by atoms with Crippen LogP contribution in [0.5, 0.6) is 0 Å². The lowest BCUT2D eigenvalue weighted by molar-refractivity contribution is 0.0600. The number of methoxy groups -OCH3 is 1. The predicted octanol–water partition coefficient (Wildman–Crippen LogP) is 4.09. The Balaban J connectivity index is 2.02. The predicted molar refractivity (Wildman–Crippen MR) is 97.2 cm³/mol. The largest absolute Gasteiger partial charge is 0.465 e. The molecule has 0 aliphatic heterocycles. The first-order valence-electron chi connectivity index (χ1n) is 7.21. The van der Waals surface area contributed by atoms with Gasteiger partial charge in [-0.3, -0.25) is 4.72 Å². The van der Waals surface area contributed by atoms with Crippen molar-refractivity contribution in [1.29, 1.82) is 0 Å². The fourth-order valence-electron chi connectivity index (χ4n) is 2.47. The molecule has 0 bridgehead atoms. The van der Waals surface area contributed by atoms with E-state index in [9.17, 15) is 13.2 Å². The number of esters is 1. The monoisotopic (exact) mass is 423 g/mol. The second kappa shape index (κ2) is 6.53. The van der Waals surface area contributed by atoms with Crippen molar-refractivity contribution in [2.45, 2.75) is 11.8 Å². The van der Waals surface area contributed by atoms with Crippen LogP contribution in [-0.2, 0) is 14.8 Å². The van der Waals surface area contributed by atoms with E-state index in [1.807, 2.05) is 0 Å².